The largest absolute Gasteiger partial charge is 0.379 e. The standard InChI is InChI=1S/C31H26F2N6O5S.C10H10F4N2/c32-22-13-20(14-23(33)17-22)15-28(36-19-40)30-37-27-16-21(29-18-34-7-8-35-29)1-6-26(27)31(41)39(30)24-2-4-25(5-3-24)45(42,43)38-9-11-44-12-10-38;1-2-16-8-6(7(15-16)9(11)12)4-3-5(4)10(8,13)14/h1-8,13-14,16-19,28H,9-12,15H2,(H,36,40);4-5,9H,2-3H2,1H3. The number of nitrogens with zero attached hydrogens (tertiary/aromatic N) is 7. The summed E-state index contributed by atoms with van der Waals surface area (Å²) in [5, 5.41) is 6.47. The van der Waals surface area contributed by atoms with Crippen molar-refractivity contribution in [3.8, 4) is 16.9 Å². The van der Waals surface area contributed by atoms with Gasteiger partial charge in [0, 0.05) is 61.6 Å². The van der Waals surface area contributed by atoms with Crippen LogP contribution in [0, 0.1) is 17.6 Å². The average Bonchev–Trinajstić information content (AvgIpc) is 3.90. The second-order valence-electron chi connectivity index (χ2n) is 14.6. The van der Waals surface area contributed by atoms with Crippen molar-refractivity contribution in [2.75, 3.05) is 26.3 Å². The summed E-state index contributed by atoms with van der Waals surface area (Å²) in [4.78, 5) is 39.1. The molecule has 3 unspecified atom stereocenters. The maximum Gasteiger partial charge on any atom is 0.293 e. The van der Waals surface area contributed by atoms with Crippen LogP contribution in [0.4, 0.5) is 26.3 Å². The van der Waals surface area contributed by atoms with Crippen LogP contribution in [0.3, 0.4) is 0 Å². The van der Waals surface area contributed by atoms with Crippen LogP contribution in [0.15, 0.2) is 88.9 Å². The molecular weight excluding hydrogens is 831 g/mol. The predicted molar refractivity (Wildman–Crippen MR) is 208 cm³/mol. The van der Waals surface area contributed by atoms with Gasteiger partial charge in [-0.05, 0) is 73.4 Å². The van der Waals surface area contributed by atoms with Gasteiger partial charge in [-0.2, -0.15) is 18.2 Å². The number of carbonyl (C=O) groups is 1. The summed E-state index contributed by atoms with van der Waals surface area (Å²) in [6, 6.07) is 12.7. The van der Waals surface area contributed by atoms with Gasteiger partial charge in [-0.15, -0.1) is 0 Å². The minimum atomic E-state index is -3.81. The van der Waals surface area contributed by atoms with Crippen molar-refractivity contribution < 1.29 is 44.3 Å². The Balaban J connectivity index is 0.000000266. The zero-order valence-electron chi connectivity index (χ0n) is 32.2. The lowest BCUT2D eigenvalue weighted by atomic mass is 10.0. The number of sulfonamides is 1. The van der Waals surface area contributed by atoms with E-state index in [-0.39, 0.29) is 83.4 Å². The Morgan fingerprint density at radius 1 is 1.00 bits per heavy atom. The van der Waals surface area contributed by atoms with Crippen molar-refractivity contribution in [1.82, 2.24) is 38.9 Å². The summed E-state index contributed by atoms with van der Waals surface area (Å²) >= 11 is 0. The highest BCUT2D eigenvalue weighted by atomic mass is 32.2. The molecule has 3 atom stereocenters. The van der Waals surface area contributed by atoms with Crippen LogP contribution in [0.2, 0.25) is 0 Å². The Morgan fingerprint density at radius 3 is 2.36 bits per heavy atom. The molecule has 1 aliphatic heterocycles. The Bertz CT molecular complexity index is 2760. The molecule has 20 heteroatoms. The number of alkyl halides is 4. The molecule has 2 aliphatic carbocycles. The van der Waals surface area contributed by atoms with Crippen molar-refractivity contribution in [3.05, 3.63) is 130 Å². The molecule has 1 amide bonds. The minimum Gasteiger partial charge on any atom is -0.379 e. The molecule has 1 saturated heterocycles. The van der Waals surface area contributed by atoms with Gasteiger partial charge >= 0.3 is 0 Å². The fourth-order valence-electron chi connectivity index (χ4n) is 7.96. The first-order valence-electron chi connectivity index (χ1n) is 19.2. The number of nitrogens with one attached hydrogen (secondary N) is 1. The number of carbonyl (C=O) groups excluding carboxylic acids is 1. The third-order valence-corrected chi connectivity index (χ3v) is 12.8. The lowest BCUT2D eigenvalue weighted by Gasteiger charge is -2.26. The molecular formula is C41H36F6N8O5S. The first-order valence-corrected chi connectivity index (χ1v) is 20.6. The maximum absolute atomic E-state index is 14.1. The maximum atomic E-state index is 14.1. The van der Waals surface area contributed by atoms with Gasteiger partial charge in [0.1, 0.15) is 28.8 Å². The molecule has 9 rings (SSSR count). The smallest absolute Gasteiger partial charge is 0.293 e. The van der Waals surface area contributed by atoms with Crippen molar-refractivity contribution >= 4 is 27.3 Å². The van der Waals surface area contributed by atoms with Gasteiger partial charge in [-0.25, -0.2) is 31.0 Å². The number of halogens is 6. The molecule has 3 aliphatic rings. The van der Waals surface area contributed by atoms with E-state index >= 15 is 0 Å². The average molecular weight is 867 g/mol. The molecule has 2 fully saturated rings. The number of morpholine rings is 1. The van der Waals surface area contributed by atoms with Crippen LogP contribution in [-0.2, 0) is 38.4 Å². The highest BCUT2D eigenvalue weighted by molar-refractivity contribution is 7.89. The number of hydrogen-bond donors (Lipinski definition) is 1. The highest BCUT2D eigenvalue weighted by Crippen LogP contribution is 2.68. The topological polar surface area (TPSA) is 154 Å². The molecule has 1 saturated carbocycles. The fourth-order valence-corrected chi connectivity index (χ4v) is 9.37. The third-order valence-electron chi connectivity index (χ3n) is 10.9. The van der Waals surface area contributed by atoms with E-state index in [1.807, 2.05) is 0 Å². The van der Waals surface area contributed by atoms with E-state index in [1.54, 1.807) is 31.3 Å². The Labute approximate surface area is 344 Å². The monoisotopic (exact) mass is 866 g/mol. The second kappa shape index (κ2) is 16.5. The van der Waals surface area contributed by atoms with Crippen LogP contribution in [0.1, 0.15) is 60.1 Å². The van der Waals surface area contributed by atoms with E-state index in [9.17, 15) is 44.3 Å². The second-order valence-corrected chi connectivity index (χ2v) is 16.5. The van der Waals surface area contributed by atoms with Crippen LogP contribution >= 0.6 is 0 Å². The van der Waals surface area contributed by atoms with E-state index in [4.69, 9.17) is 9.72 Å². The Morgan fingerprint density at radius 2 is 1.72 bits per heavy atom. The molecule has 13 nitrogen and oxygen atoms in total. The minimum absolute atomic E-state index is 0.0305. The summed E-state index contributed by atoms with van der Waals surface area (Å²) in [5.41, 5.74) is 0.841. The van der Waals surface area contributed by atoms with Gasteiger partial charge in [0.05, 0.1) is 52.6 Å². The van der Waals surface area contributed by atoms with Crippen LogP contribution in [-0.4, -0.2) is 74.7 Å². The molecule has 4 heterocycles. The van der Waals surface area contributed by atoms with E-state index in [2.05, 4.69) is 20.4 Å². The quantitative estimate of drug-likeness (QED) is 0.118. The van der Waals surface area contributed by atoms with Crippen molar-refractivity contribution in [1.29, 1.82) is 0 Å². The summed E-state index contributed by atoms with van der Waals surface area (Å²) < 4.78 is 116. The number of ether oxygens (including phenoxy) is 1. The number of benzene rings is 3. The van der Waals surface area contributed by atoms with Gasteiger partial charge in [-0.1, -0.05) is 6.07 Å². The molecule has 3 aromatic carbocycles. The van der Waals surface area contributed by atoms with Gasteiger partial charge < -0.3 is 10.1 Å². The highest BCUT2D eigenvalue weighted by Gasteiger charge is 2.67. The molecule has 6 aromatic rings. The van der Waals surface area contributed by atoms with Crippen molar-refractivity contribution in [2.24, 2.45) is 5.92 Å². The third kappa shape index (κ3) is 7.90. The van der Waals surface area contributed by atoms with Gasteiger partial charge in [0.25, 0.3) is 17.9 Å². The normalized spacial score (nSPS) is 18.6. The first kappa shape index (κ1) is 41.7. The number of hydrogen-bond acceptors (Lipinski definition) is 9. The van der Waals surface area contributed by atoms with Crippen LogP contribution < -0.4 is 10.9 Å². The Hall–Kier alpha value is -5.99. The fraction of sp³-hybridized carbons (Fsp3) is 0.317. The van der Waals surface area contributed by atoms with E-state index in [0.717, 1.165) is 22.9 Å². The molecule has 1 N–H and O–H groups in total. The number of rotatable bonds is 11. The molecule has 61 heavy (non-hydrogen) atoms. The predicted octanol–water partition coefficient (Wildman–Crippen LogP) is 6.22. The molecule has 3 aromatic heterocycles. The zero-order chi connectivity index (χ0) is 43.2. The first-order chi connectivity index (χ1) is 29.2. The molecule has 0 spiro atoms. The summed E-state index contributed by atoms with van der Waals surface area (Å²) in [6.45, 7) is 2.85. The van der Waals surface area contributed by atoms with Gasteiger partial charge in [0.2, 0.25) is 16.4 Å². The number of fused-ring (bicyclic) bond motifs is 4. The van der Waals surface area contributed by atoms with E-state index in [0.29, 0.717) is 24.1 Å². The van der Waals surface area contributed by atoms with Crippen LogP contribution in [0.5, 0.6) is 0 Å². The lowest BCUT2D eigenvalue weighted by Crippen LogP contribution is -2.40. The van der Waals surface area contributed by atoms with Crippen LogP contribution in [0.25, 0.3) is 27.8 Å². The summed E-state index contributed by atoms with van der Waals surface area (Å²) in [6.07, 6.45) is 2.47. The zero-order valence-corrected chi connectivity index (χ0v) is 33.0. The molecule has 318 valence electrons. The molecule has 0 radical (unpaired) electrons. The number of aromatic nitrogens is 6. The molecule has 0 bridgehead atoms. The number of aryl methyl sites for hydroxylation is 1. The van der Waals surface area contributed by atoms with Gasteiger partial charge in [-0.3, -0.25) is 28.8 Å². The van der Waals surface area contributed by atoms with Crippen molar-refractivity contribution in [2.45, 2.75) is 55.5 Å². The summed E-state index contributed by atoms with van der Waals surface area (Å²) in [7, 11) is -3.81. The van der Waals surface area contributed by atoms with E-state index in [1.165, 1.54) is 45.5 Å². The van der Waals surface area contributed by atoms with E-state index < -0.39 is 63.1 Å². The van der Waals surface area contributed by atoms with Gasteiger partial charge in [0.15, 0.2) is 0 Å². The summed E-state index contributed by atoms with van der Waals surface area (Å²) in [5.74, 6) is -5.68. The number of amides is 1. The lowest BCUT2D eigenvalue weighted by molar-refractivity contribution is -0.110. The Kier molecular flexibility index (Phi) is 11.3. The van der Waals surface area contributed by atoms with Crippen molar-refractivity contribution in [3.63, 3.8) is 0 Å². The SMILES string of the molecule is CCn1nc(C(F)F)c2c1C(F)(F)C1CC21.O=CNC(Cc1cc(F)cc(F)c1)c1nc2cc(-c3cnccn3)ccc2c(=O)n1-c1ccc(S(=O)(=O)N2CCOCC2)cc1.